The molecule has 1 aromatic heterocycles. The van der Waals surface area contributed by atoms with E-state index in [0.29, 0.717) is 27.6 Å². The van der Waals surface area contributed by atoms with Gasteiger partial charge in [-0.3, -0.25) is 0 Å². The van der Waals surface area contributed by atoms with Gasteiger partial charge < -0.3 is 5.73 Å². The highest BCUT2D eigenvalue weighted by molar-refractivity contribution is 9.11. The molecule has 0 amide bonds. The number of nitrogens with zero attached hydrogens (tertiary/aromatic N) is 1. The number of rotatable bonds is 2. The third kappa shape index (κ3) is 2.37. The summed E-state index contributed by atoms with van der Waals surface area (Å²) in [6.45, 7) is 0.709. The smallest absolute Gasteiger partial charge is 0.253 e. The first-order valence-electron chi connectivity index (χ1n) is 5.70. The fourth-order valence-electron chi connectivity index (χ4n) is 2.13. The zero-order valence-electron chi connectivity index (χ0n) is 10.1. The fourth-order valence-corrected chi connectivity index (χ4v) is 6.08. The lowest BCUT2D eigenvalue weighted by molar-refractivity contribution is 0.433. The van der Waals surface area contributed by atoms with Gasteiger partial charge in [-0.15, -0.1) is 11.3 Å². The third-order valence-electron chi connectivity index (χ3n) is 3.14. The second-order valence-corrected chi connectivity index (χ2v) is 9.43. The number of benzene rings is 1. The molecule has 1 aromatic carbocycles. The Kier molecular flexibility index (Phi) is 3.58. The lowest BCUT2D eigenvalue weighted by Gasteiger charge is -2.13. The van der Waals surface area contributed by atoms with Gasteiger partial charge in [0, 0.05) is 18.8 Å². The first-order chi connectivity index (χ1) is 9.38. The predicted molar refractivity (Wildman–Crippen MR) is 84.3 cm³/mol. The first-order valence-corrected chi connectivity index (χ1v) is 9.13. The van der Waals surface area contributed by atoms with Crippen LogP contribution in [-0.4, -0.2) is 12.7 Å². The van der Waals surface area contributed by atoms with Crippen LogP contribution >= 0.6 is 38.9 Å². The van der Waals surface area contributed by atoms with Crippen molar-refractivity contribution >= 4 is 54.6 Å². The molecule has 0 saturated heterocycles. The molecule has 1 aliphatic heterocycles. The normalized spacial score (nSPS) is 15.5. The Morgan fingerprint density at radius 3 is 2.60 bits per heavy atom. The molecule has 8 heteroatoms. The van der Waals surface area contributed by atoms with E-state index in [9.17, 15) is 8.42 Å². The summed E-state index contributed by atoms with van der Waals surface area (Å²) < 4.78 is 27.5. The van der Waals surface area contributed by atoms with Gasteiger partial charge in [0.05, 0.1) is 8.81 Å². The van der Waals surface area contributed by atoms with Crippen LogP contribution in [0.5, 0.6) is 0 Å². The topological polar surface area (TPSA) is 63.4 Å². The number of hydrogen-bond donors (Lipinski definition) is 1. The average molecular weight is 394 g/mol. The van der Waals surface area contributed by atoms with E-state index in [4.69, 9.17) is 17.3 Å². The lowest BCUT2D eigenvalue weighted by Crippen LogP contribution is -2.24. The maximum Gasteiger partial charge on any atom is 0.253 e. The van der Waals surface area contributed by atoms with Crippen molar-refractivity contribution in [3.8, 4) is 0 Å². The summed E-state index contributed by atoms with van der Waals surface area (Å²) in [5.41, 5.74) is 8.32. The SMILES string of the molecule is Nc1ccc2c(c1)CN(S(=O)(=O)c1cc(Cl)c(Br)s1)C2. The number of hydrogen-bond acceptors (Lipinski definition) is 4. The molecule has 1 aliphatic rings. The minimum Gasteiger partial charge on any atom is -0.399 e. The van der Waals surface area contributed by atoms with Crippen LogP contribution in [0.1, 0.15) is 11.1 Å². The van der Waals surface area contributed by atoms with Gasteiger partial charge >= 0.3 is 0 Å². The summed E-state index contributed by atoms with van der Waals surface area (Å²) >= 11 is 10.3. The summed E-state index contributed by atoms with van der Waals surface area (Å²) in [5, 5.41) is 0.412. The van der Waals surface area contributed by atoms with E-state index in [-0.39, 0.29) is 4.21 Å². The van der Waals surface area contributed by atoms with Crippen molar-refractivity contribution in [1.29, 1.82) is 0 Å². The average Bonchev–Trinajstić information content (AvgIpc) is 2.94. The molecule has 0 fully saturated rings. The number of fused-ring (bicyclic) bond motifs is 1. The minimum atomic E-state index is -3.52. The van der Waals surface area contributed by atoms with E-state index in [1.54, 1.807) is 6.07 Å². The third-order valence-corrected chi connectivity index (χ3v) is 7.86. The second-order valence-electron chi connectivity index (χ2n) is 4.49. The molecule has 0 aliphatic carbocycles. The van der Waals surface area contributed by atoms with Gasteiger partial charge in [-0.05, 0) is 45.3 Å². The molecule has 20 heavy (non-hydrogen) atoms. The molecule has 0 spiro atoms. The van der Waals surface area contributed by atoms with Crippen molar-refractivity contribution < 1.29 is 8.42 Å². The van der Waals surface area contributed by atoms with Crippen LogP contribution in [0.25, 0.3) is 0 Å². The van der Waals surface area contributed by atoms with Gasteiger partial charge in [-0.2, -0.15) is 4.31 Å². The van der Waals surface area contributed by atoms with E-state index >= 15 is 0 Å². The Hall–Kier alpha value is -0.600. The molecular formula is C12H10BrClN2O2S2. The Morgan fingerprint density at radius 2 is 1.95 bits per heavy atom. The fraction of sp³-hybridized carbons (Fsp3) is 0.167. The number of sulfonamides is 1. The summed E-state index contributed by atoms with van der Waals surface area (Å²) in [6, 6.07) is 6.95. The Balaban J connectivity index is 1.95. The zero-order chi connectivity index (χ0) is 14.5. The van der Waals surface area contributed by atoms with E-state index in [0.717, 1.165) is 22.5 Å². The molecular weight excluding hydrogens is 384 g/mol. The Labute approximate surface area is 134 Å². The van der Waals surface area contributed by atoms with Crippen molar-refractivity contribution in [2.75, 3.05) is 5.73 Å². The highest BCUT2D eigenvalue weighted by atomic mass is 79.9. The molecule has 2 heterocycles. The maximum atomic E-state index is 12.6. The molecule has 0 saturated carbocycles. The van der Waals surface area contributed by atoms with Crippen LogP contribution in [0, 0.1) is 0 Å². The molecule has 4 nitrogen and oxygen atoms in total. The summed E-state index contributed by atoms with van der Waals surface area (Å²) in [5.74, 6) is 0. The highest BCUT2D eigenvalue weighted by Crippen LogP contribution is 2.38. The molecule has 2 aromatic rings. The molecule has 0 unspecified atom stereocenters. The summed E-state index contributed by atoms with van der Waals surface area (Å²) in [6.07, 6.45) is 0. The van der Waals surface area contributed by atoms with E-state index in [2.05, 4.69) is 15.9 Å². The predicted octanol–water partition coefficient (Wildman–Crippen LogP) is 3.45. The van der Waals surface area contributed by atoms with E-state index < -0.39 is 10.0 Å². The molecule has 3 rings (SSSR count). The molecule has 0 atom stereocenters. The first kappa shape index (κ1) is 14.3. The molecule has 0 bridgehead atoms. The van der Waals surface area contributed by atoms with Gasteiger partial charge in [0.2, 0.25) is 0 Å². The van der Waals surface area contributed by atoms with Gasteiger partial charge in [0.15, 0.2) is 0 Å². The Bertz CT molecular complexity index is 769. The number of anilines is 1. The summed E-state index contributed by atoms with van der Waals surface area (Å²) in [7, 11) is -3.52. The van der Waals surface area contributed by atoms with Crippen molar-refractivity contribution in [3.63, 3.8) is 0 Å². The lowest BCUT2D eigenvalue weighted by atomic mass is 10.1. The summed E-state index contributed by atoms with van der Waals surface area (Å²) in [4.78, 5) is 0. The van der Waals surface area contributed by atoms with Gasteiger partial charge in [-0.1, -0.05) is 17.7 Å². The van der Waals surface area contributed by atoms with Gasteiger partial charge in [0.25, 0.3) is 10.0 Å². The number of nitrogen functional groups attached to an aromatic ring is 1. The van der Waals surface area contributed by atoms with Crippen LogP contribution < -0.4 is 5.73 Å². The van der Waals surface area contributed by atoms with E-state index in [1.807, 2.05) is 12.1 Å². The maximum absolute atomic E-state index is 12.6. The monoisotopic (exact) mass is 392 g/mol. The van der Waals surface area contributed by atoms with Crippen LogP contribution in [0.4, 0.5) is 5.69 Å². The van der Waals surface area contributed by atoms with Crippen LogP contribution in [-0.2, 0) is 23.1 Å². The van der Waals surface area contributed by atoms with E-state index in [1.165, 1.54) is 10.4 Å². The van der Waals surface area contributed by atoms with Crippen LogP contribution in [0.15, 0.2) is 32.3 Å². The zero-order valence-corrected chi connectivity index (χ0v) is 14.1. The number of nitrogens with two attached hydrogens (primary N) is 1. The highest BCUT2D eigenvalue weighted by Gasteiger charge is 2.32. The minimum absolute atomic E-state index is 0.246. The van der Waals surface area contributed by atoms with Gasteiger partial charge in [0.1, 0.15) is 4.21 Å². The second kappa shape index (κ2) is 4.99. The van der Waals surface area contributed by atoms with Gasteiger partial charge in [-0.25, -0.2) is 8.42 Å². The Morgan fingerprint density at radius 1 is 1.25 bits per heavy atom. The van der Waals surface area contributed by atoms with Crippen molar-refractivity contribution in [1.82, 2.24) is 4.31 Å². The quantitative estimate of drug-likeness (QED) is 0.795. The van der Waals surface area contributed by atoms with Crippen molar-refractivity contribution in [2.24, 2.45) is 0 Å². The molecule has 106 valence electrons. The molecule has 0 radical (unpaired) electrons. The van der Waals surface area contributed by atoms with Crippen molar-refractivity contribution in [3.05, 3.63) is 44.2 Å². The van der Waals surface area contributed by atoms with Crippen LogP contribution in [0.2, 0.25) is 5.02 Å². The van der Waals surface area contributed by atoms with Crippen molar-refractivity contribution in [2.45, 2.75) is 17.3 Å². The standard InChI is InChI=1S/C12H10BrClN2O2S2/c13-12-10(14)4-11(19-12)20(17,18)16-5-7-1-2-9(15)3-8(7)6-16/h1-4H,5-6,15H2. The molecule has 2 N–H and O–H groups in total. The number of thiophene rings is 1. The van der Waals surface area contributed by atoms with Crippen LogP contribution in [0.3, 0.4) is 0 Å². The largest absolute Gasteiger partial charge is 0.399 e. The number of halogens is 2.